The lowest BCUT2D eigenvalue weighted by atomic mass is 9.97. The predicted octanol–water partition coefficient (Wildman–Crippen LogP) is -7.25. The van der Waals surface area contributed by atoms with Crippen LogP contribution in [0.15, 0.2) is 9.98 Å². The fourth-order valence-electron chi connectivity index (χ4n) is 4.99. The molecule has 28 heteroatoms. The number of aliphatic imine (C=N–C) groups is 2. The summed E-state index contributed by atoms with van der Waals surface area (Å²) in [6, 6.07) is -6.42. The zero-order chi connectivity index (χ0) is 47.4. The van der Waals surface area contributed by atoms with Crippen molar-refractivity contribution in [2.75, 3.05) is 45.0 Å². The molecule has 20 N–H and O–H groups in total. The topological polar surface area (TPSA) is 462 Å². The van der Waals surface area contributed by atoms with E-state index in [9.17, 15) is 53.1 Å². The summed E-state index contributed by atoms with van der Waals surface area (Å²) < 4.78 is 0. The first kappa shape index (κ1) is 55.5. The summed E-state index contributed by atoms with van der Waals surface area (Å²) in [6.45, 7) is 0.845. The van der Waals surface area contributed by atoms with Crippen LogP contribution in [-0.4, -0.2) is 157 Å². The first-order valence-corrected chi connectivity index (χ1v) is 19.9. The van der Waals surface area contributed by atoms with Gasteiger partial charge in [0.25, 0.3) is 0 Å². The maximum Gasteiger partial charge on any atom is 0.322 e. The third-order valence-electron chi connectivity index (χ3n) is 8.51. The lowest BCUT2D eigenvalue weighted by Gasteiger charge is -2.26. The van der Waals surface area contributed by atoms with Gasteiger partial charge in [-0.05, 0) is 38.0 Å². The van der Waals surface area contributed by atoms with Crippen molar-refractivity contribution in [1.82, 2.24) is 42.5 Å². The number of thiol groups is 1. The quantitative estimate of drug-likeness (QED) is 0.0133. The summed E-state index contributed by atoms with van der Waals surface area (Å²) in [5, 5.41) is 37.0. The molecule has 0 saturated carbocycles. The Morgan fingerprint density at radius 2 is 1.02 bits per heavy atom. The van der Waals surface area contributed by atoms with E-state index in [1.807, 2.05) is 0 Å². The third-order valence-corrected chi connectivity index (χ3v) is 8.90. The highest BCUT2D eigenvalue weighted by Crippen LogP contribution is 2.10. The third kappa shape index (κ3) is 25.2. The van der Waals surface area contributed by atoms with E-state index in [-0.39, 0.29) is 56.4 Å². The normalized spacial score (nSPS) is 13.4. The molecule has 0 bridgehead atoms. The Kier molecular flexibility index (Phi) is 27.4. The SMILES string of the molecule is CC[C@H](C)[C@H](NC(=O)CNC(=O)CNC(=O)[C@@H](N)CS)C(=O)N[C@@H](CCCN=C(N)N)C(=O)NCC(=O)N[C@@H](CCC(=O)O)C(=O)N[C@@H](CCCN=C(N)N)C(=O)NCC(=O)O. The summed E-state index contributed by atoms with van der Waals surface area (Å²) in [7, 11) is 0. The molecule has 0 radical (unpaired) electrons. The van der Waals surface area contributed by atoms with Crippen LogP contribution in [-0.2, 0) is 47.9 Å². The van der Waals surface area contributed by atoms with Crippen LogP contribution in [0.5, 0.6) is 0 Å². The Hall–Kier alpha value is -6.45. The van der Waals surface area contributed by atoms with E-state index in [1.165, 1.54) is 0 Å². The van der Waals surface area contributed by atoms with Crippen molar-refractivity contribution in [3.05, 3.63) is 0 Å². The van der Waals surface area contributed by atoms with Gasteiger partial charge in [0.05, 0.1) is 25.7 Å². The first-order chi connectivity index (χ1) is 29.1. The first-order valence-electron chi connectivity index (χ1n) is 19.3. The molecule has 0 aliphatic heterocycles. The van der Waals surface area contributed by atoms with Crippen LogP contribution in [0.3, 0.4) is 0 Å². The van der Waals surface area contributed by atoms with Crippen LogP contribution in [0.4, 0.5) is 0 Å². The summed E-state index contributed by atoms with van der Waals surface area (Å²) in [6.07, 6.45) is -0.570. The van der Waals surface area contributed by atoms with Crippen LogP contribution < -0.4 is 71.2 Å². The van der Waals surface area contributed by atoms with Gasteiger partial charge < -0.3 is 81.4 Å². The largest absolute Gasteiger partial charge is 0.481 e. The van der Waals surface area contributed by atoms with Gasteiger partial charge in [-0.15, -0.1) is 0 Å². The molecule has 0 aliphatic carbocycles. The van der Waals surface area contributed by atoms with E-state index < -0.39 is 134 Å². The molecular weight excluding hydrogens is 843 g/mol. The van der Waals surface area contributed by atoms with Gasteiger partial charge in [-0.1, -0.05) is 20.3 Å². The van der Waals surface area contributed by atoms with Crippen molar-refractivity contribution in [2.24, 2.45) is 44.6 Å². The van der Waals surface area contributed by atoms with Gasteiger partial charge in [0, 0.05) is 25.3 Å². The van der Waals surface area contributed by atoms with Crippen LogP contribution in [0.2, 0.25) is 0 Å². The molecule has 0 unspecified atom stereocenters. The number of guanidine groups is 2. The summed E-state index contributed by atoms with van der Waals surface area (Å²) in [4.78, 5) is 133. The number of rotatable bonds is 31. The van der Waals surface area contributed by atoms with Crippen LogP contribution >= 0.6 is 12.6 Å². The second-order valence-corrected chi connectivity index (χ2v) is 14.0. The lowest BCUT2D eigenvalue weighted by Crippen LogP contribution is -2.58. The van der Waals surface area contributed by atoms with E-state index in [4.69, 9.17) is 33.8 Å². The maximum absolute atomic E-state index is 13.6. The molecule has 0 aromatic heterocycles. The van der Waals surface area contributed by atoms with Crippen molar-refractivity contribution in [1.29, 1.82) is 0 Å². The predicted molar refractivity (Wildman–Crippen MR) is 225 cm³/mol. The molecular formula is C34H61N15O12S. The Morgan fingerprint density at radius 3 is 1.50 bits per heavy atom. The maximum atomic E-state index is 13.6. The Bertz CT molecular complexity index is 1630. The molecule has 0 aliphatic rings. The van der Waals surface area contributed by atoms with Crippen molar-refractivity contribution >= 4 is 83.7 Å². The highest BCUT2D eigenvalue weighted by molar-refractivity contribution is 7.80. The molecule has 0 aromatic rings. The highest BCUT2D eigenvalue weighted by Gasteiger charge is 2.31. The standard InChI is InChI=1S/C34H61N15O12S/c1-3-17(2)27(49-24(52)13-42-22(50)12-43-28(57)18(35)16-62)32(61)48-20(7-5-11-41-34(38)39)29(58)44-14-23(51)46-21(8-9-25(53)54)31(60)47-19(6-4-10-40-33(36)37)30(59)45-15-26(55)56/h17-21,27,62H,3-16,35H2,1-2H3,(H,42,50)(H,43,57)(H,44,58)(H,45,59)(H,46,51)(H,47,60)(H,48,61)(H,49,52)(H,53,54)(H,55,56)(H4,36,37,40)(H4,38,39,41)/t17-,18-,19-,20-,21-,27-/m0/s1. The number of carboxylic acid groups (broad SMARTS) is 2. The second-order valence-electron chi connectivity index (χ2n) is 13.6. The minimum atomic E-state index is -1.56. The van der Waals surface area contributed by atoms with Crippen LogP contribution in [0, 0.1) is 5.92 Å². The van der Waals surface area contributed by atoms with Crippen molar-refractivity contribution in [3.8, 4) is 0 Å². The van der Waals surface area contributed by atoms with Crippen molar-refractivity contribution < 1.29 is 58.2 Å². The van der Waals surface area contributed by atoms with E-state index in [2.05, 4.69) is 65.1 Å². The molecule has 8 amide bonds. The van der Waals surface area contributed by atoms with E-state index in [1.54, 1.807) is 13.8 Å². The number of nitrogens with two attached hydrogens (primary N) is 5. The molecule has 0 fully saturated rings. The van der Waals surface area contributed by atoms with Gasteiger partial charge in [-0.2, -0.15) is 12.6 Å². The molecule has 350 valence electrons. The molecule has 62 heavy (non-hydrogen) atoms. The van der Waals surface area contributed by atoms with Crippen LogP contribution in [0.1, 0.15) is 58.8 Å². The van der Waals surface area contributed by atoms with Gasteiger partial charge in [-0.25, -0.2) is 0 Å². The number of aliphatic carboxylic acids is 2. The number of carboxylic acids is 2. The number of carbonyl (C=O) groups is 10. The number of hydrogen-bond acceptors (Lipinski definition) is 14. The molecule has 27 nitrogen and oxygen atoms in total. The van der Waals surface area contributed by atoms with Crippen molar-refractivity contribution in [2.45, 2.75) is 89.0 Å². The second kappa shape index (κ2) is 30.6. The van der Waals surface area contributed by atoms with Gasteiger partial charge in [0.2, 0.25) is 47.3 Å². The molecule has 0 heterocycles. The average Bonchev–Trinajstić information content (AvgIpc) is 3.21. The molecule has 0 rings (SSSR count). The van der Waals surface area contributed by atoms with E-state index in [0.29, 0.717) is 6.42 Å². The lowest BCUT2D eigenvalue weighted by molar-refractivity contribution is -0.138. The Balaban J connectivity index is 5.95. The fraction of sp³-hybridized carbons (Fsp3) is 0.647. The van der Waals surface area contributed by atoms with E-state index >= 15 is 0 Å². The molecule has 0 aromatic carbocycles. The summed E-state index contributed by atoms with van der Waals surface area (Å²) >= 11 is 3.90. The van der Waals surface area contributed by atoms with E-state index in [0.717, 1.165) is 0 Å². The molecule has 6 atom stereocenters. The van der Waals surface area contributed by atoms with Gasteiger partial charge in [-0.3, -0.25) is 57.9 Å². The zero-order valence-corrected chi connectivity index (χ0v) is 35.5. The van der Waals surface area contributed by atoms with Crippen molar-refractivity contribution in [3.63, 3.8) is 0 Å². The monoisotopic (exact) mass is 903 g/mol. The Morgan fingerprint density at radius 1 is 0.565 bits per heavy atom. The van der Waals surface area contributed by atoms with Crippen LogP contribution in [0.25, 0.3) is 0 Å². The Labute approximate surface area is 362 Å². The number of carbonyl (C=O) groups excluding carboxylic acids is 8. The van der Waals surface area contributed by atoms with Gasteiger partial charge in [0.15, 0.2) is 11.9 Å². The summed E-state index contributed by atoms with van der Waals surface area (Å²) in [5.74, 6) is -10.3. The smallest absolute Gasteiger partial charge is 0.322 e. The number of amides is 8. The average molecular weight is 904 g/mol. The fourth-order valence-corrected chi connectivity index (χ4v) is 5.15. The summed E-state index contributed by atoms with van der Waals surface area (Å²) in [5.41, 5.74) is 26.9. The minimum absolute atomic E-state index is 0.0376. The van der Waals surface area contributed by atoms with Gasteiger partial charge in [0.1, 0.15) is 30.7 Å². The zero-order valence-electron chi connectivity index (χ0n) is 34.6. The number of hydrogen-bond donors (Lipinski definition) is 16. The molecule has 0 spiro atoms. The number of nitrogens with zero attached hydrogens (tertiary/aromatic N) is 2. The molecule has 0 saturated heterocycles. The number of nitrogens with one attached hydrogen (secondary N) is 8. The van der Waals surface area contributed by atoms with Gasteiger partial charge >= 0.3 is 11.9 Å². The minimum Gasteiger partial charge on any atom is -0.481 e. The highest BCUT2D eigenvalue weighted by atomic mass is 32.1.